The molecule has 0 saturated heterocycles. The summed E-state index contributed by atoms with van der Waals surface area (Å²) < 4.78 is 10.1. The molecule has 0 radical (unpaired) electrons. The number of hydrogen-bond acceptors (Lipinski definition) is 4. The summed E-state index contributed by atoms with van der Waals surface area (Å²) in [5.74, 6) is -0.0162. The SMILES string of the molecule is CCOC(=O)c1[nH]cc(C(=O)c2cccc(OC)c2)c1C. The first kappa shape index (κ1) is 14.8. The van der Waals surface area contributed by atoms with E-state index in [-0.39, 0.29) is 12.4 Å². The van der Waals surface area contributed by atoms with Crippen molar-refractivity contribution < 1.29 is 19.1 Å². The zero-order valence-electron chi connectivity index (χ0n) is 12.2. The Hall–Kier alpha value is -2.56. The summed E-state index contributed by atoms with van der Waals surface area (Å²) in [6.07, 6.45) is 1.53. The molecule has 0 atom stereocenters. The Labute approximate surface area is 122 Å². The molecule has 0 aliphatic carbocycles. The standard InChI is InChI=1S/C16H17NO4/c1-4-21-16(19)14-10(2)13(9-17-14)15(18)11-6-5-7-12(8-11)20-3/h5-9,17H,4H2,1-3H3. The molecule has 0 saturated carbocycles. The van der Waals surface area contributed by atoms with E-state index >= 15 is 0 Å². The molecular formula is C16H17NO4. The number of nitrogens with one attached hydrogen (secondary N) is 1. The summed E-state index contributed by atoms with van der Waals surface area (Å²) >= 11 is 0. The number of hydrogen-bond donors (Lipinski definition) is 1. The number of ketones is 1. The number of benzene rings is 1. The van der Waals surface area contributed by atoms with Crippen LogP contribution >= 0.6 is 0 Å². The third kappa shape index (κ3) is 2.97. The topological polar surface area (TPSA) is 68.4 Å². The quantitative estimate of drug-likeness (QED) is 0.678. The van der Waals surface area contributed by atoms with Gasteiger partial charge >= 0.3 is 5.97 Å². The van der Waals surface area contributed by atoms with E-state index in [9.17, 15) is 9.59 Å². The zero-order chi connectivity index (χ0) is 15.4. The molecule has 5 heteroatoms. The van der Waals surface area contributed by atoms with Gasteiger partial charge in [-0.15, -0.1) is 0 Å². The van der Waals surface area contributed by atoms with Crippen molar-refractivity contribution in [2.45, 2.75) is 13.8 Å². The highest BCUT2D eigenvalue weighted by Gasteiger charge is 2.20. The van der Waals surface area contributed by atoms with Crippen molar-refractivity contribution in [1.82, 2.24) is 4.98 Å². The first-order chi connectivity index (χ1) is 10.1. The van der Waals surface area contributed by atoms with Gasteiger partial charge in [0.15, 0.2) is 5.78 Å². The molecular weight excluding hydrogens is 270 g/mol. The average molecular weight is 287 g/mol. The Morgan fingerprint density at radius 1 is 1.29 bits per heavy atom. The molecule has 21 heavy (non-hydrogen) atoms. The van der Waals surface area contributed by atoms with Crippen LogP contribution in [0.3, 0.4) is 0 Å². The summed E-state index contributed by atoms with van der Waals surface area (Å²) in [4.78, 5) is 27.1. The minimum absolute atomic E-state index is 0.168. The summed E-state index contributed by atoms with van der Waals surface area (Å²) in [5.41, 5.74) is 1.85. The third-order valence-corrected chi connectivity index (χ3v) is 3.20. The number of methoxy groups -OCH3 is 1. The van der Waals surface area contributed by atoms with E-state index < -0.39 is 5.97 Å². The Kier molecular flexibility index (Phi) is 4.42. The molecule has 0 fully saturated rings. The van der Waals surface area contributed by atoms with Crippen LogP contribution in [0.15, 0.2) is 30.5 Å². The number of carbonyl (C=O) groups is 2. The highest BCUT2D eigenvalue weighted by atomic mass is 16.5. The zero-order valence-corrected chi connectivity index (χ0v) is 12.2. The molecule has 1 aromatic carbocycles. The molecule has 1 N–H and O–H groups in total. The van der Waals surface area contributed by atoms with Crippen LogP contribution in [-0.4, -0.2) is 30.5 Å². The van der Waals surface area contributed by atoms with Crippen LogP contribution in [0.4, 0.5) is 0 Å². The Morgan fingerprint density at radius 2 is 2.05 bits per heavy atom. The maximum Gasteiger partial charge on any atom is 0.355 e. The second-order valence-electron chi connectivity index (χ2n) is 4.48. The molecule has 0 bridgehead atoms. The number of esters is 1. The van der Waals surface area contributed by atoms with E-state index in [0.29, 0.717) is 28.1 Å². The molecule has 0 aliphatic heterocycles. The number of H-pyrrole nitrogens is 1. The van der Waals surface area contributed by atoms with Crippen LogP contribution < -0.4 is 4.74 Å². The molecule has 0 spiro atoms. The fourth-order valence-electron chi connectivity index (χ4n) is 2.07. The number of carbonyl (C=O) groups excluding carboxylic acids is 2. The first-order valence-electron chi connectivity index (χ1n) is 6.62. The van der Waals surface area contributed by atoms with Crippen LogP contribution in [0.2, 0.25) is 0 Å². The van der Waals surface area contributed by atoms with Crippen molar-refractivity contribution in [3.8, 4) is 5.75 Å². The highest BCUT2D eigenvalue weighted by molar-refractivity contribution is 6.11. The number of ether oxygens (including phenoxy) is 2. The average Bonchev–Trinajstić information content (AvgIpc) is 2.88. The number of aromatic nitrogens is 1. The Morgan fingerprint density at radius 3 is 2.71 bits per heavy atom. The van der Waals surface area contributed by atoms with Gasteiger partial charge in [-0.3, -0.25) is 4.79 Å². The van der Waals surface area contributed by atoms with Gasteiger partial charge < -0.3 is 14.5 Å². The molecule has 0 amide bonds. The molecule has 5 nitrogen and oxygen atoms in total. The lowest BCUT2D eigenvalue weighted by atomic mass is 10.0. The van der Waals surface area contributed by atoms with Crippen molar-refractivity contribution >= 4 is 11.8 Å². The lowest BCUT2D eigenvalue weighted by molar-refractivity contribution is 0.0519. The summed E-state index contributed by atoms with van der Waals surface area (Å²) in [7, 11) is 1.55. The van der Waals surface area contributed by atoms with Gasteiger partial charge in [0.05, 0.1) is 13.7 Å². The lowest BCUT2D eigenvalue weighted by Gasteiger charge is -2.04. The second-order valence-corrected chi connectivity index (χ2v) is 4.48. The van der Waals surface area contributed by atoms with Gasteiger partial charge in [-0.2, -0.15) is 0 Å². The van der Waals surface area contributed by atoms with Gasteiger partial charge in [0.1, 0.15) is 11.4 Å². The molecule has 1 aromatic heterocycles. The predicted octanol–water partition coefficient (Wildman–Crippen LogP) is 2.74. The van der Waals surface area contributed by atoms with Crippen LogP contribution in [0.5, 0.6) is 5.75 Å². The summed E-state index contributed by atoms with van der Waals surface area (Å²) in [6.45, 7) is 3.74. The highest BCUT2D eigenvalue weighted by Crippen LogP contribution is 2.20. The van der Waals surface area contributed by atoms with Gasteiger partial charge in [0.2, 0.25) is 0 Å². The largest absolute Gasteiger partial charge is 0.497 e. The molecule has 2 rings (SSSR count). The number of rotatable bonds is 5. The predicted molar refractivity (Wildman–Crippen MR) is 77.9 cm³/mol. The summed E-state index contributed by atoms with van der Waals surface area (Å²) in [5, 5.41) is 0. The maximum atomic E-state index is 12.5. The van der Waals surface area contributed by atoms with E-state index in [1.807, 2.05) is 0 Å². The van der Waals surface area contributed by atoms with Crippen molar-refractivity contribution in [2.24, 2.45) is 0 Å². The number of aromatic amines is 1. The smallest absolute Gasteiger partial charge is 0.355 e. The van der Waals surface area contributed by atoms with Gasteiger partial charge in [0.25, 0.3) is 0 Å². The van der Waals surface area contributed by atoms with Gasteiger partial charge in [-0.1, -0.05) is 12.1 Å². The molecule has 0 aliphatic rings. The van der Waals surface area contributed by atoms with E-state index in [1.165, 1.54) is 6.20 Å². The minimum Gasteiger partial charge on any atom is -0.497 e. The molecule has 1 heterocycles. The molecule has 110 valence electrons. The van der Waals surface area contributed by atoms with Crippen molar-refractivity contribution in [3.05, 3.63) is 52.8 Å². The van der Waals surface area contributed by atoms with Crippen molar-refractivity contribution in [3.63, 3.8) is 0 Å². The summed E-state index contributed by atoms with van der Waals surface area (Å²) in [6, 6.07) is 6.89. The minimum atomic E-state index is -0.459. The van der Waals surface area contributed by atoms with E-state index in [0.717, 1.165) is 0 Å². The monoisotopic (exact) mass is 287 g/mol. The van der Waals surface area contributed by atoms with Crippen molar-refractivity contribution in [2.75, 3.05) is 13.7 Å². The lowest BCUT2D eigenvalue weighted by Crippen LogP contribution is -2.08. The molecule has 0 unspecified atom stereocenters. The fourth-order valence-corrected chi connectivity index (χ4v) is 2.07. The van der Waals surface area contributed by atoms with E-state index in [1.54, 1.807) is 45.2 Å². The van der Waals surface area contributed by atoms with Crippen molar-refractivity contribution in [1.29, 1.82) is 0 Å². The van der Waals surface area contributed by atoms with Crippen LogP contribution in [0.25, 0.3) is 0 Å². The van der Waals surface area contributed by atoms with E-state index in [2.05, 4.69) is 4.98 Å². The van der Waals surface area contributed by atoms with E-state index in [4.69, 9.17) is 9.47 Å². The van der Waals surface area contributed by atoms with Gasteiger partial charge in [-0.25, -0.2) is 4.79 Å². The second kappa shape index (κ2) is 6.26. The maximum absolute atomic E-state index is 12.5. The van der Waals surface area contributed by atoms with Gasteiger partial charge in [-0.05, 0) is 31.5 Å². The van der Waals surface area contributed by atoms with Crippen LogP contribution in [-0.2, 0) is 4.74 Å². The van der Waals surface area contributed by atoms with Gasteiger partial charge in [0, 0.05) is 17.3 Å². The first-order valence-corrected chi connectivity index (χ1v) is 6.62. The Balaban J connectivity index is 2.33. The fraction of sp³-hybridized carbons (Fsp3) is 0.250. The normalized spacial score (nSPS) is 10.2. The molecule has 2 aromatic rings. The van der Waals surface area contributed by atoms with Crippen LogP contribution in [0, 0.1) is 6.92 Å². The van der Waals surface area contributed by atoms with Crippen LogP contribution in [0.1, 0.15) is 38.9 Å². The Bertz CT molecular complexity index is 673. The third-order valence-electron chi connectivity index (χ3n) is 3.20.